The number of carbonyl (C=O) groups is 1. The Morgan fingerprint density at radius 2 is 1.92 bits per heavy atom. The van der Waals surface area contributed by atoms with Gasteiger partial charge < -0.3 is 9.73 Å². The molecule has 128 valence electrons. The quantitative estimate of drug-likeness (QED) is 0.504. The Morgan fingerprint density at radius 1 is 1.15 bits per heavy atom. The maximum atomic E-state index is 13.0. The zero-order valence-electron chi connectivity index (χ0n) is 13.4. The van der Waals surface area contributed by atoms with Crippen LogP contribution in [0.2, 0.25) is 5.02 Å². The number of carbonyl (C=O) groups excluding carboxylic acids is 1. The van der Waals surface area contributed by atoms with Gasteiger partial charge in [-0.25, -0.2) is 4.39 Å². The fourth-order valence-electron chi connectivity index (χ4n) is 2.26. The Balaban J connectivity index is 1.80. The lowest BCUT2D eigenvalue weighted by atomic mass is 10.2. The van der Waals surface area contributed by atoms with Gasteiger partial charge in [-0.2, -0.15) is 5.26 Å². The van der Waals surface area contributed by atoms with Gasteiger partial charge in [0.25, 0.3) is 5.91 Å². The van der Waals surface area contributed by atoms with Crippen LogP contribution in [0.4, 0.5) is 10.1 Å². The van der Waals surface area contributed by atoms with Gasteiger partial charge in [0, 0.05) is 22.3 Å². The summed E-state index contributed by atoms with van der Waals surface area (Å²) in [6.45, 7) is 0. The van der Waals surface area contributed by atoms with Crippen LogP contribution in [0.15, 0.2) is 70.7 Å². The smallest absolute Gasteiger partial charge is 0.266 e. The number of anilines is 1. The third-order valence-corrected chi connectivity index (χ3v) is 3.72. The van der Waals surface area contributed by atoms with Crippen LogP contribution in [0.25, 0.3) is 17.4 Å². The first-order valence-electron chi connectivity index (χ1n) is 7.59. The molecule has 0 aliphatic rings. The summed E-state index contributed by atoms with van der Waals surface area (Å²) in [4.78, 5) is 12.2. The van der Waals surface area contributed by atoms with Gasteiger partial charge in [-0.15, -0.1) is 0 Å². The van der Waals surface area contributed by atoms with E-state index in [1.54, 1.807) is 48.5 Å². The van der Waals surface area contributed by atoms with Gasteiger partial charge in [-0.05, 0) is 54.6 Å². The average Bonchev–Trinajstić information content (AvgIpc) is 3.09. The van der Waals surface area contributed by atoms with Crippen molar-refractivity contribution in [2.45, 2.75) is 0 Å². The number of amides is 1. The number of halogens is 2. The lowest BCUT2D eigenvalue weighted by molar-refractivity contribution is -0.112. The summed E-state index contributed by atoms with van der Waals surface area (Å²) in [5.41, 5.74) is 1.05. The second kappa shape index (κ2) is 7.68. The van der Waals surface area contributed by atoms with Gasteiger partial charge in [0.2, 0.25) is 0 Å². The molecule has 0 fully saturated rings. The van der Waals surface area contributed by atoms with Crippen LogP contribution < -0.4 is 5.32 Å². The van der Waals surface area contributed by atoms with Crippen molar-refractivity contribution in [1.82, 2.24) is 0 Å². The number of hydrogen-bond donors (Lipinski definition) is 1. The molecule has 1 N–H and O–H groups in total. The summed E-state index contributed by atoms with van der Waals surface area (Å²) in [6.07, 6.45) is 1.34. The molecule has 0 unspecified atom stereocenters. The summed E-state index contributed by atoms with van der Waals surface area (Å²) in [5.74, 6) is -0.0784. The third kappa shape index (κ3) is 4.18. The van der Waals surface area contributed by atoms with E-state index < -0.39 is 5.91 Å². The number of nitrogens with one attached hydrogen (secondary N) is 1. The highest BCUT2D eigenvalue weighted by Gasteiger charge is 2.12. The number of nitrogens with zero attached hydrogens (tertiary/aromatic N) is 1. The molecule has 0 atom stereocenters. The Hall–Kier alpha value is -3.36. The molecule has 4 nitrogen and oxygen atoms in total. The fourth-order valence-corrected chi connectivity index (χ4v) is 2.45. The highest BCUT2D eigenvalue weighted by molar-refractivity contribution is 6.31. The molecule has 1 heterocycles. The van der Waals surface area contributed by atoms with Crippen molar-refractivity contribution >= 4 is 29.3 Å². The van der Waals surface area contributed by atoms with Gasteiger partial charge in [-0.1, -0.05) is 17.7 Å². The van der Waals surface area contributed by atoms with Crippen molar-refractivity contribution in [1.29, 1.82) is 5.26 Å². The highest BCUT2D eigenvalue weighted by atomic mass is 35.5. The minimum atomic E-state index is -0.575. The van der Waals surface area contributed by atoms with Crippen LogP contribution >= 0.6 is 11.6 Å². The van der Waals surface area contributed by atoms with E-state index in [4.69, 9.17) is 16.0 Å². The monoisotopic (exact) mass is 366 g/mol. The number of hydrogen-bond acceptors (Lipinski definition) is 3. The van der Waals surface area contributed by atoms with E-state index in [2.05, 4.69) is 5.32 Å². The maximum Gasteiger partial charge on any atom is 0.266 e. The molecule has 0 radical (unpaired) electrons. The van der Waals surface area contributed by atoms with E-state index in [0.717, 1.165) is 0 Å². The first kappa shape index (κ1) is 17.5. The van der Waals surface area contributed by atoms with Crippen molar-refractivity contribution in [3.8, 4) is 17.4 Å². The average molecular weight is 367 g/mol. The van der Waals surface area contributed by atoms with Crippen molar-refractivity contribution < 1.29 is 13.6 Å². The Bertz CT molecular complexity index is 1020. The Labute approximate surface area is 154 Å². The SMILES string of the molecule is N#C/C(=C\c1ccc(-c2ccc(F)cc2)o1)C(=O)Nc1cccc(Cl)c1. The summed E-state index contributed by atoms with van der Waals surface area (Å²) in [7, 11) is 0. The molecule has 3 rings (SSSR count). The molecule has 0 aliphatic heterocycles. The van der Waals surface area contributed by atoms with E-state index in [9.17, 15) is 14.4 Å². The normalized spacial score (nSPS) is 11.0. The van der Waals surface area contributed by atoms with Gasteiger partial charge >= 0.3 is 0 Å². The molecule has 0 bridgehead atoms. The van der Waals surface area contributed by atoms with Gasteiger partial charge in [-0.3, -0.25) is 4.79 Å². The maximum absolute atomic E-state index is 13.0. The van der Waals surface area contributed by atoms with E-state index in [1.807, 2.05) is 6.07 Å². The molecule has 0 spiro atoms. The molecule has 0 saturated carbocycles. The topological polar surface area (TPSA) is 66.0 Å². The number of nitriles is 1. The molecule has 2 aromatic carbocycles. The van der Waals surface area contributed by atoms with Crippen molar-refractivity contribution in [3.05, 3.63) is 82.8 Å². The molecule has 1 aromatic heterocycles. The molecular formula is C20H12ClFN2O2. The lowest BCUT2D eigenvalue weighted by Gasteiger charge is -2.04. The largest absolute Gasteiger partial charge is 0.457 e. The predicted molar refractivity (Wildman–Crippen MR) is 97.8 cm³/mol. The van der Waals surface area contributed by atoms with Gasteiger partial charge in [0.15, 0.2) is 0 Å². The van der Waals surface area contributed by atoms with Crippen LogP contribution in [0.3, 0.4) is 0 Å². The number of rotatable bonds is 4. The molecular weight excluding hydrogens is 355 g/mol. The number of benzene rings is 2. The van der Waals surface area contributed by atoms with Crippen LogP contribution in [-0.2, 0) is 4.79 Å². The van der Waals surface area contributed by atoms with E-state index in [-0.39, 0.29) is 11.4 Å². The summed E-state index contributed by atoms with van der Waals surface area (Å²) >= 11 is 5.87. The fraction of sp³-hybridized carbons (Fsp3) is 0. The Kier molecular flexibility index (Phi) is 5.16. The second-order valence-corrected chi connectivity index (χ2v) is 5.78. The van der Waals surface area contributed by atoms with Crippen molar-refractivity contribution in [2.75, 3.05) is 5.32 Å². The van der Waals surface area contributed by atoms with E-state index >= 15 is 0 Å². The van der Waals surface area contributed by atoms with E-state index in [1.165, 1.54) is 18.2 Å². The summed E-state index contributed by atoms with van der Waals surface area (Å²) in [6, 6.07) is 17.6. The second-order valence-electron chi connectivity index (χ2n) is 5.34. The first-order chi connectivity index (χ1) is 12.5. The van der Waals surface area contributed by atoms with E-state index in [0.29, 0.717) is 27.8 Å². The van der Waals surface area contributed by atoms with Gasteiger partial charge in [0.1, 0.15) is 29.0 Å². The Morgan fingerprint density at radius 3 is 2.62 bits per heavy atom. The van der Waals surface area contributed by atoms with Crippen LogP contribution in [0.5, 0.6) is 0 Å². The van der Waals surface area contributed by atoms with Crippen molar-refractivity contribution in [2.24, 2.45) is 0 Å². The standard InChI is InChI=1S/C20H12ClFN2O2/c21-15-2-1-3-17(11-15)24-20(25)14(12-23)10-18-8-9-19(26-18)13-4-6-16(22)7-5-13/h1-11H,(H,24,25)/b14-10+. The van der Waals surface area contributed by atoms with Crippen LogP contribution in [-0.4, -0.2) is 5.91 Å². The minimum absolute atomic E-state index is 0.120. The molecule has 0 saturated heterocycles. The molecule has 3 aromatic rings. The molecule has 26 heavy (non-hydrogen) atoms. The zero-order chi connectivity index (χ0) is 18.5. The first-order valence-corrected chi connectivity index (χ1v) is 7.97. The summed E-state index contributed by atoms with van der Waals surface area (Å²) < 4.78 is 18.6. The molecule has 0 aliphatic carbocycles. The minimum Gasteiger partial charge on any atom is -0.457 e. The lowest BCUT2D eigenvalue weighted by Crippen LogP contribution is -2.13. The third-order valence-electron chi connectivity index (χ3n) is 3.49. The van der Waals surface area contributed by atoms with Crippen LogP contribution in [0, 0.1) is 17.1 Å². The summed E-state index contributed by atoms with van der Waals surface area (Å²) in [5, 5.41) is 12.3. The van der Waals surface area contributed by atoms with Crippen molar-refractivity contribution in [3.63, 3.8) is 0 Å². The molecule has 1 amide bonds. The predicted octanol–water partition coefficient (Wildman–Crippen LogP) is 5.28. The highest BCUT2D eigenvalue weighted by Crippen LogP contribution is 2.24. The van der Waals surface area contributed by atoms with Gasteiger partial charge in [0.05, 0.1) is 0 Å². The molecule has 6 heteroatoms. The zero-order valence-corrected chi connectivity index (χ0v) is 14.1. The number of furan rings is 1. The van der Waals surface area contributed by atoms with Crippen LogP contribution in [0.1, 0.15) is 5.76 Å².